The summed E-state index contributed by atoms with van der Waals surface area (Å²) in [7, 11) is 0. The van der Waals surface area contributed by atoms with Gasteiger partial charge in [0.15, 0.2) is 6.04 Å². The first-order valence-corrected chi connectivity index (χ1v) is 5.67. The molecule has 1 fully saturated rings. The summed E-state index contributed by atoms with van der Waals surface area (Å²) in [5.41, 5.74) is 0. The zero-order chi connectivity index (χ0) is 10.0. The smallest absolute Gasteiger partial charge is 0.325 e. The van der Waals surface area contributed by atoms with Crippen LogP contribution in [0.4, 0.5) is 0 Å². The maximum Gasteiger partial charge on any atom is 0.325 e. The van der Waals surface area contributed by atoms with Gasteiger partial charge in [0, 0.05) is 13.0 Å². The van der Waals surface area contributed by atoms with Gasteiger partial charge >= 0.3 is 5.97 Å². The van der Waals surface area contributed by atoms with Crippen LogP contribution in [0.5, 0.6) is 0 Å². The predicted molar refractivity (Wildman–Crippen MR) is 51.1 cm³/mol. The quantitative estimate of drug-likeness (QED) is 0.634. The molecule has 3 atom stereocenters. The van der Waals surface area contributed by atoms with E-state index in [-0.39, 0.29) is 10.5 Å². The van der Waals surface area contributed by atoms with Crippen molar-refractivity contribution in [3.8, 4) is 0 Å². The van der Waals surface area contributed by atoms with Crippen molar-refractivity contribution in [1.29, 1.82) is 0 Å². The fourth-order valence-corrected chi connectivity index (χ4v) is 3.06. The lowest BCUT2D eigenvalue weighted by atomic mass is 10.2. The van der Waals surface area contributed by atoms with E-state index in [9.17, 15) is 9.35 Å². The van der Waals surface area contributed by atoms with Crippen molar-refractivity contribution in [2.45, 2.75) is 36.8 Å². The second-order valence-electron chi connectivity index (χ2n) is 3.47. The van der Waals surface area contributed by atoms with Gasteiger partial charge < -0.3 is 15.0 Å². The number of carboxylic acids is 1. The average Bonchev–Trinajstić information content (AvgIpc) is 2.50. The third kappa shape index (κ3) is 2.36. The number of hydrogen-bond acceptors (Lipinski definition) is 3. The van der Waals surface area contributed by atoms with E-state index < -0.39 is 23.2 Å². The highest BCUT2D eigenvalue weighted by molar-refractivity contribution is 7.92. The van der Waals surface area contributed by atoms with Crippen LogP contribution in [0.15, 0.2) is 0 Å². The van der Waals surface area contributed by atoms with Gasteiger partial charge in [0.1, 0.15) is 10.5 Å². The molecule has 5 heteroatoms. The topological polar surface area (TPSA) is 72.4 Å². The highest BCUT2D eigenvalue weighted by Crippen LogP contribution is 2.20. The summed E-state index contributed by atoms with van der Waals surface area (Å²) in [6.07, 6.45) is 0.696. The summed E-state index contributed by atoms with van der Waals surface area (Å²) in [5, 5.41) is 11.5. The first kappa shape index (κ1) is 10.8. The Morgan fingerprint density at radius 2 is 2.31 bits per heavy atom. The summed E-state index contributed by atoms with van der Waals surface area (Å²) < 4.78 is 11.7. The second-order valence-corrected chi connectivity index (χ2v) is 5.68. The Hall–Kier alpha value is -0.260. The summed E-state index contributed by atoms with van der Waals surface area (Å²) in [6.45, 7) is 4.36. The summed E-state index contributed by atoms with van der Waals surface area (Å²) in [6, 6.07) is -0.622. The molecule has 2 unspecified atom stereocenters. The Kier molecular flexibility index (Phi) is 3.58. The van der Waals surface area contributed by atoms with Gasteiger partial charge in [-0.15, -0.1) is 0 Å². The van der Waals surface area contributed by atoms with E-state index in [1.807, 2.05) is 13.8 Å². The number of carbonyl (C=O) groups is 1. The zero-order valence-corrected chi connectivity index (χ0v) is 8.63. The maximum atomic E-state index is 11.7. The number of rotatable bonds is 3. The third-order valence-corrected chi connectivity index (χ3v) is 4.23. The van der Waals surface area contributed by atoms with Crippen LogP contribution in [0.3, 0.4) is 0 Å². The van der Waals surface area contributed by atoms with Gasteiger partial charge in [0.05, 0.1) is 0 Å². The molecular weight excluding hydrogens is 190 g/mol. The molecular formula is C8H15NO3S. The Morgan fingerprint density at radius 3 is 2.77 bits per heavy atom. The number of carboxylic acid groups (broad SMARTS) is 1. The molecule has 1 rings (SSSR count). The maximum absolute atomic E-state index is 11.7. The molecule has 0 amide bonds. The number of nitrogens with one attached hydrogen (secondary N) is 1. The lowest BCUT2D eigenvalue weighted by Crippen LogP contribution is -2.44. The van der Waals surface area contributed by atoms with Crippen LogP contribution in [0.25, 0.3) is 0 Å². The van der Waals surface area contributed by atoms with Crippen molar-refractivity contribution in [1.82, 2.24) is 5.32 Å². The van der Waals surface area contributed by atoms with Crippen molar-refractivity contribution >= 4 is 17.1 Å². The minimum absolute atomic E-state index is 0.0340. The molecule has 0 aromatic heterocycles. The standard InChI is InChI=1S/C8H15NO3S/c1-5(2)13(12)6-3-4-9-7(6)8(10)11/h5-7,9H,3-4H2,1-2H3,(H,10,11)/t6?,7-,13?/m0/s1. The zero-order valence-electron chi connectivity index (χ0n) is 7.82. The van der Waals surface area contributed by atoms with Crippen molar-refractivity contribution in [2.24, 2.45) is 0 Å². The molecule has 0 aromatic rings. The molecule has 0 bridgehead atoms. The van der Waals surface area contributed by atoms with Gasteiger partial charge in [-0.3, -0.25) is 4.79 Å². The molecule has 1 aliphatic rings. The van der Waals surface area contributed by atoms with Gasteiger partial charge in [-0.25, -0.2) is 0 Å². The van der Waals surface area contributed by atoms with E-state index in [0.717, 1.165) is 0 Å². The van der Waals surface area contributed by atoms with E-state index in [1.165, 1.54) is 0 Å². The summed E-state index contributed by atoms with van der Waals surface area (Å²) in [4.78, 5) is 10.7. The Morgan fingerprint density at radius 1 is 1.69 bits per heavy atom. The molecule has 0 aliphatic carbocycles. The van der Waals surface area contributed by atoms with Crippen molar-refractivity contribution in [3.63, 3.8) is 0 Å². The van der Waals surface area contributed by atoms with Gasteiger partial charge in [0.2, 0.25) is 0 Å². The van der Waals surface area contributed by atoms with Crippen LogP contribution in [0.1, 0.15) is 20.3 Å². The van der Waals surface area contributed by atoms with E-state index >= 15 is 0 Å². The molecule has 76 valence electrons. The van der Waals surface area contributed by atoms with Crippen LogP contribution >= 0.6 is 0 Å². The molecule has 4 nitrogen and oxygen atoms in total. The molecule has 13 heavy (non-hydrogen) atoms. The molecule has 0 radical (unpaired) electrons. The van der Waals surface area contributed by atoms with Crippen molar-refractivity contribution < 1.29 is 14.5 Å². The monoisotopic (exact) mass is 205 g/mol. The fourth-order valence-electron chi connectivity index (χ4n) is 1.53. The van der Waals surface area contributed by atoms with Gasteiger partial charge in [-0.05, 0) is 25.0 Å². The molecule has 1 aliphatic heterocycles. The van der Waals surface area contributed by atoms with E-state index in [4.69, 9.17) is 5.11 Å². The van der Waals surface area contributed by atoms with Crippen LogP contribution in [0.2, 0.25) is 0 Å². The van der Waals surface area contributed by atoms with Gasteiger partial charge in [-0.1, -0.05) is 0 Å². The Labute approximate surface area is 80.9 Å². The normalized spacial score (nSPS) is 30.8. The van der Waals surface area contributed by atoms with E-state index in [1.54, 1.807) is 0 Å². The van der Waals surface area contributed by atoms with Crippen LogP contribution in [-0.2, 0) is 16.0 Å². The lowest BCUT2D eigenvalue weighted by molar-refractivity contribution is -0.138. The first-order valence-electron chi connectivity index (χ1n) is 4.39. The SMILES string of the molecule is CC(C)[S+]([O-])C1CCN[C@@H]1C(=O)O. The summed E-state index contributed by atoms with van der Waals surface area (Å²) in [5.74, 6) is -0.892. The largest absolute Gasteiger partial charge is 0.616 e. The molecule has 1 saturated heterocycles. The van der Waals surface area contributed by atoms with Crippen LogP contribution in [0, 0.1) is 0 Å². The molecule has 1 heterocycles. The predicted octanol–water partition coefficient (Wildman–Crippen LogP) is -0.0414. The third-order valence-electron chi connectivity index (χ3n) is 2.19. The Bertz CT molecular complexity index is 198. The van der Waals surface area contributed by atoms with Crippen LogP contribution in [-0.4, -0.2) is 38.7 Å². The Balaban J connectivity index is 2.62. The highest BCUT2D eigenvalue weighted by atomic mass is 32.2. The van der Waals surface area contributed by atoms with E-state index in [2.05, 4.69) is 5.32 Å². The van der Waals surface area contributed by atoms with Crippen molar-refractivity contribution in [2.75, 3.05) is 6.54 Å². The average molecular weight is 205 g/mol. The van der Waals surface area contributed by atoms with Gasteiger partial charge in [0.25, 0.3) is 0 Å². The molecule has 0 aromatic carbocycles. The highest BCUT2D eigenvalue weighted by Gasteiger charge is 2.41. The van der Waals surface area contributed by atoms with E-state index in [0.29, 0.717) is 13.0 Å². The molecule has 0 spiro atoms. The minimum atomic E-state index is -1.04. The molecule has 0 saturated carbocycles. The molecule has 2 N–H and O–H groups in total. The van der Waals surface area contributed by atoms with Gasteiger partial charge in [-0.2, -0.15) is 0 Å². The van der Waals surface area contributed by atoms with Crippen LogP contribution < -0.4 is 5.32 Å². The summed E-state index contributed by atoms with van der Waals surface area (Å²) >= 11 is -1.04. The number of hydrogen-bond donors (Lipinski definition) is 2. The minimum Gasteiger partial charge on any atom is -0.616 e. The first-order chi connectivity index (χ1) is 6.04. The fraction of sp³-hybridized carbons (Fsp3) is 0.875. The second kappa shape index (κ2) is 4.30. The van der Waals surface area contributed by atoms with Crippen molar-refractivity contribution in [3.05, 3.63) is 0 Å². The lowest BCUT2D eigenvalue weighted by Gasteiger charge is -2.23. The number of aliphatic carboxylic acids is 1.